The van der Waals surface area contributed by atoms with Crippen LogP contribution in [0.5, 0.6) is 0 Å². The average molecular weight is 741 g/mol. The van der Waals surface area contributed by atoms with Crippen LogP contribution in [0.2, 0.25) is 36.3 Å². The number of aliphatic hydroxyl groups excluding tert-OH is 1. The fourth-order valence-electron chi connectivity index (χ4n) is 8.72. The molecule has 0 aliphatic heterocycles. The Hall–Kier alpha value is -1.26. The summed E-state index contributed by atoms with van der Waals surface area (Å²) in [4.78, 5) is 12.8. The van der Waals surface area contributed by atoms with Crippen LogP contribution < -0.4 is 0 Å². The molecule has 4 fully saturated rings. The van der Waals surface area contributed by atoms with Gasteiger partial charge in [-0.05, 0) is 128 Å². The van der Waals surface area contributed by atoms with E-state index in [4.69, 9.17) is 13.6 Å². The molecule has 0 amide bonds. The van der Waals surface area contributed by atoms with Gasteiger partial charge in [-0.2, -0.15) is 0 Å². The van der Waals surface area contributed by atoms with Crippen LogP contribution in [0.4, 0.5) is 0 Å². The molecule has 7 heteroatoms. The molecule has 0 radical (unpaired) electrons. The molecule has 0 bridgehead atoms. The molecule has 51 heavy (non-hydrogen) atoms. The molecule has 5 nitrogen and oxygen atoms in total. The maximum Gasteiger partial charge on any atom is 0.315 e. The largest absolute Gasteiger partial charge is 0.465 e. The van der Waals surface area contributed by atoms with E-state index in [1.165, 1.54) is 31.3 Å². The van der Waals surface area contributed by atoms with Crippen LogP contribution in [-0.4, -0.2) is 52.6 Å². The predicted octanol–water partition coefficient (Wildman–Crippen LogP) is 11.9. The third kappa shape index (κ3) is 9.35. The first-order valence-corrected chi connectivity index (χ1v) is 26.3. The minimum atomic E-state index is -2.02. The molecule has 0 saturated heterocycles. The van der Waals surface area contributed by atoms with Crippen LogP contribution in [0.25, 0.3) is 0 Å². The first-order valence-electron chi connectivity index (χ1n) is 20.5. The summed E-state index contributed by atoms with van der Waals surface area (Å²) >= 11 is 0. The molecule has 4 aliphatic carbocycles. The fraction of sp³-hybridized carbons (Fsp3) is 0.795. The highest BCUT2D eigenvalue weighted by Gasteiger charge is 2.56. The van der Waals surface area contributed by atoms with Crippen LogP contribution in [-0.2, 0) is 18.4 Å². The van der Waals surface area contributed by atoms with Crippen molar-refractivity contribution in [2.75, 3.05) is 6.61 Å². The molecule has 4 aliphatic rings. The maximum atomic E-state index is 12.8. The van der Waals surface area contributed by atoms with E-state index in [0.717, 1.165) is 37.7 Å². The summed E-state index contributed by atoms with van der Waals surface area (Å²) in [6, 6.07) is 0. The zero-order valence-corrected chi connectivity index (χ0v) is 37.0. The van der Waals surface area contributed by atoms with Crippen molar-refractivity contribution in [2.45, 2.75) is 188 Å². The van der Waals surface area contributed by atoms with Crippen molar-refractivity contribution >= 4 is 22.6 Å². The number of fused-ring (bicyclic) bond motifs is 1. The highest BCUT2D eigenvalue weighted by atomic mass is 28.4. The van der Waals surface area contributed by atoms with E-state index in [1.54, 1.807) is 5.57 Å². The molecule has 0 aromatic carbocycles. The molecule has 1 N–H and O–H groups in total. The standard InChI is InChI=1S/C44H76O5Si2/c1-15-16-28-47-40(46)44(26-27-44)39(45)24-19-31(2)36-22-23-37-33(18-17-25-43(36,37)10)20-21-34-29-35(48-50(11,12)41(4,5)6)30-38(32(34)3)49-51(13,14)42(7,8)9/h19-21,24,31,35-39,45H,3,15-18,22-23,25-30H2,1-2,4-14H3/b24-19+,33-20+,34-21-/t31-,35-,36-,37+,38+,39-,43-/m1/s1. The Balaban J connectivity index is 1.52. The van der Waals surface area contributed by atoms with Crippen LogP contribution in [0.3, 0.4) is 0 Å². The predicted molar refractivity (Wildman–Crippen MR) is 219 cm³/mol. The molecular formula is C44H76O5Si2. The number of carbonyl (C=O) groups is 1. The summed E-state index contributed by atoms with van der Waals surface area (Å²) in [5.41, 5.74) is 3.53. The molecule has 4 rings (SSSR count). The molecular weight excluding hydrogens is 665 g/mol. The van der Waals surface area contributed by atoms with E-state index in [9.17, 15) is 9.90 Å². The topological polar surface area (TPSA) is 65.0 Å². The van der Waals surface area contributed by atoms with Crippen LogP contribution in [0.15, 0.2) is 47.6 Å². The highest BCUT2D eigenvalue weighted by molar-refractivity contribution is 6.74. The molecule has 290 valence electrons. The molecule has 4 saturated carbocycles. The van der Waals surface area contributed by atoms with Crippen LogP contribution in [0.1, 0.15) is 133 Å². The van der Waals surface area contributed by atoms with Gasteiger partial charge in [-0.25, -0.2) is 0 Å². The highest BCUT2D eigenvalue weighted by Crippen LogP contribution is 2.60. The number of hydrogen-bond donors (Lipinski definition) is 1. The Bertz CT molecular complexity index is 1340. The number of esters is 1. The van der Waals surface area contributed by atoms with E-state index in [1.807, 2.05) is 6.08 Å². The fourth-order valence-corrected chi connectivity index (χ4v) is 11.4. The molecule has 0 unspecified atom stereocenters. The van der Waals surface area contributed by atoms with Crippen LogP contribution >= 0.6 is 0 Å². The lowest BCUT2D eigenvalue weighted by Gasteiger charge is -2.45. The first-order chi connectivity index (χ1) is 23.5. The Morgan fingerprint density at radius 1 is 0.980 bits per heavy atom. The van der Waals surface area contributed by atoms with Gasteiger partial charge in [-0.15, -0.1) is 0 Å². The molecule has 0 aromatic rings. The lowest BCUT2D eigenvalue weighted by atomic mass is 9.61. The summed E-state index contributed by atoms with van der Waals surface area (Å²) < 4.78 is 19.7. The SMILES string of the molecule is C=C1/C(=C\C=C2/CCC[C@]3(C)[C@@H]([C@H](C)/C=C/[C@@H](O)C4(C(=O)OCCCC)CC4)CC[C@@H]23)C[C@@H](O[Si](C)(C)C(C)(C)C)C[C@@H]1O[Si](C)(C)C(C)(C)C. The molecule has 7 atom stereocenters. The smallest absolute Gasteiger partial charge is 0.315 e. The maximum absolute atomic E-state index is 12.8. The van der Waals surface area contributed by atoms with Gasteiger partial charge < -0.3 is 18.7 Å². The van der Waals surface area contributed by atoms with Crippen molar-refractivity contribution in [1.29, 1.82) is 0 Å². The van der Waals surface area contributed by atoms with Gasteiger partial charge in [0.2, 0.25) is 0 Å². The normalized spacial score (nSPS) is 31.6. The number of hydrogen-bond acceptors (Lipinski definition) is 5. The van der Waals surface area contributed by atoms with Gasteiger partial charge in [0.05, 0.1) is 30.3 Å². The van der Waals surface area contributed by atoms with Gasteiger partial charge in [-0.3, -0.25) is 4.79 Å². The Kier molecular flexibility index (Phi) is 13.2. The number of aliphatic hydroxyl groups is 1. The summed E-state index contributed by atoms with van der Waals surface area (Å²) in [7, 11) is -3.98. The van der Waals surface area contributed by atoms with E-state index < -0.39 is 28.2 Å². The van der Waals surface area contributed by atoms with E-state index >= 15 is 0 Å². The Morgan fingerprint density at radius 2 is 1.61 bits per heavy atom. The number of unbranched alkanes of at least 4 members (excludes halogenated alkanes) is 1. The van der Waals surface area contributed by atoms with Crippen molar-refractivity contribution in [3.8, 4) is 0 Å². The minimum absolute atomic E-state index is 0.0116. The Labute approximate surface area is 315 Å². The first kappa shape index (κ1) is 42.5. The lowest BCUT2D eigenvalue weighted by Crippen LogP contribution is -2.49. The van der Waals surface area contributed by atoms with Gasteiger partial charge in [0.25, 0.3) is 0 Å². The van der Waals surface area contributed by atoms with Gasteiger partial charge in [0.15, 0.2) is 16.6 Å². The lowest BCUT2D eigenvalue weighted by molar-refractivity contribution is -0.153. The number of ether oxygens (including phenoxy) is 1. The summed E-state index contributed by atoms with van der Waals surface area (Å²) in [6.07, 6.45) is 19.4. The van der Waals surface area contributed by atoms with E-state index in [2.05, 4.69) is 113 Å². The minimum Gasteiger partial charge on any atom is -0.465 e. The Morgan fingerprint density at radius 3 is 2.20 bits per heavy atom. The van der Waals surface area contributed by atoms with E-state index in [0.29, 0.717) is 37.2 Å². The van der Waals surface area contributed by atoms with Crippen molar-refractivity contribution in [1.82, 2.24) is 0 Å². The van der Waals surface area contributed by atoms with Crippen molar-refractivity contribution < 1.29 is 23.5 Å². The second-order valence-electron chi connectivity index (χ2n) is 20.2. The molecule has 0 heterocycles. The second-order valence-corrected chi connectivity index (χ2v) is 29.7. The second kappa shape index (κ2) is 15.8. The van der Waals surface area contributed by atoms with Gasteiger partial charge in [-0.1, -0.05) is 105 Å². The van der Waals surface area contributed by atoms with Gasteiger partial charge >= 0.3 is 5.97 Å². The number of rotatable bonds is 13. The summed E-state index contributed by atoms with van der Waals surface area (Å²) in [5.74, 6) is 1.22. The number of carbonyl (C=O) groups excluding carboxylic acids is 1. The number of allylic oxidation sites excluding steroid dienone is 4. The van der Waals surface area contributed by atoms with Gasteiger partial charge in [0, 0.05) is 6.42 Å². The monoisotopic (exact) mass is 741 g/mol. The average Bonchev–Trinajstić information content (AvgIpc) is 3.75. The zero-order chi connectivity index (χ0) is 38.2. The molecule has 0 spiro atoms. The van der Waals surface area contributed by atoms with Crippen LogP contribution in [0, 0.1) is 28.6 Å². The third-order valence-corrected chi connectivity index (χ3v) is 23.5. The quantitative estimate of drug-likeness (QED) is 0.0881. The van der Waals surface area contributed by atoms with Crippen molar-refractivity contribution in [3.63, 3.8) is 0 Å². The summed E-state index contributed by atoms with van der Waals surface area (Å²) in [6.45, 7) is 35.4. The van der Waals surface area contributed by atoms with Gasteiger partial charge in [0.1, 0.15) is 0 Å². The third-order valence-electron chi connectivity index (χ3n) is 14.5. The summed E-state index contributed by atoms with van der Waals surface area (Å²) in [5, 5.41) is 11.4. The molecule has 0 aromatic heterocycles. The van der Waals surface area contributed by atoms with E-state index in [-0.39, 0.29) is 33.7 Å². The zero-order valence-electron chi connectivity index (χ0n) is 35.0. The van der Waals surface area contributed by atoms with Crippen molar-refractivity contribution in [2.24, 2.45) is 28.6 Å². The van der Waals surface area contributed by atoms with Crippen molar-refractivity contribution in [3.05, 3.63) is 47.6 Å².